The highest BCUT2D eigenvalue weighted by atomic mass is 19.4. The van der Waals surface area contributed by atoms with Crippen molar-refractivity contribution in [2.75, 3.05) is 5.32 Å². The highest BCUT2D eigenvalue weighted by molar-refractivity contribution is 5.92. The van der Waals surface area contributed by atoms with Gasteiger partial charge in [0.1, 0.15) is 11.6 Å². The molecule has 5 nitrogen and oxygen atoms in total. The first-order valence-electron chi connectivity index (χ1n) is 8.98. The SMILES string of the molecule is CC(C)(CC(=O)Nc1nc2ccc(C#N)c(F)c2n1C1CCC1)CC(F)(F)F. The first kappa shape index (κ1) is 20.1. The van der Waals surface area contributed by atoms with Crippen molar-refractivity contribution < 1.29 is 22.4 Å². The Balaban J connectivity index is 1.92. The average molecular weight is 396 g/mol. The topological polar surface area (TPSA) is 70.7 Å². The Bertz CT molecular complexity index is 951. The highest BCUT2D eigenvalue weighted by Gasteiger charge is 2.38. The van der Waals surface area contributed by atoms with Crippen molar-refractivity contribution >= 4 is 22.9 Å². The minimum absolute atomic E-state index is 0.0769. The number of carbonyl (C=O) groups is 1. The van der Waals surface area contributed by atoms with Crippen LogP contribution in [-0.4, -0.2) is 21.6 Å². The molecule has 2 aromatic rings. The number of imidazole rings is 1. The lowest BCUT2D eigenvalue weighted by Crippen LogP contribution is -2.29. The lowest BCUT2D eigenvalue weighted by molar-refractivity contribution is -0.156. The molecule has 0 saturated heterocycles. The zero-order valence-electron chi connectivity index (χ0n) is 15.5. The number of benzene rings is 1. The number of nitriles is 1. The lowest BCUT2D eigenvalue weighted by atomic mass is 9.85. The zero-order chi connectivity index (χ0) is 20.7. The molecular weight excluding hydrogens is 376 g/mol. The summed E-state index contributed by atoms with van der Waals surface area (Å²) in [5.74, 6) is -1.23. The number of nitrogens with one attached hydrogen (secondary N) is 1. The van der Waals surface area contributed by atoms with Crippen LogP contribution in [0.5, 0.6) is 0 Å². The van der Waals surface area contributed by atoms with Gasteiger partial charge in [0.25, 0.3) is 0 Å². The van der Waals surface area contributed by atoms with Gasteiger partial charge < -0.3 is 4.57 Å². The average Bonchev–Trinajstić information content (AvgIpc) is 2.81. The fraction of sp³-hybridized carbons (Fsp3) is 0.526. The van der Waals surface area contributed by atoms with Crippen LogP contribution in [0.1, 0.15) is 57.6 Å². The van der Waals surface area contributed by atoms with E-state index in [2.05, 4.69) is 10.3 Å². The maximum Gasteiger partial charge on any atom is 0.389 e. The maximum absolute atomic E-state index is 14.7. The predicted octanol–water partition coefficient (Wildman–Crippen LogP) is 5.08. The smallest absolute Gasteiger partial charge is 0.304 e. The molecule has 1 aromatic heterocycles. The molecule has 1 N–H and O–H groups in total. The van der Waals surface area contributed by atoms with E-state index in [0.717, 1.165) is 19.3 Å². The second-order valence-electron chi connectivity index (χ2n) is 7.98. The Kier molecular flexibility index (Phi) is 5.08. The van der Waals surface area contributed by atoms with E-state index in [4.69, 9.17) is 5.26 Å². The monoisotopic (exact) mass is 396 g/mol. The Morgan fingerprint density at radius 3 is 2.57 bits per heavy atom. The Morgan fingerprint density at radius 2 is 2.04 bits per heavy atom. The Morgan fingerprint density at radius 1 is 1.36 bits per heavy atom. The molecule has 28 heavy (non-hydrogen) atoms. The summed E-state index contributed by atoms with van der Waals surface area (Å²) in [6, 6.07) is 4.51. The van der Waals surface area contributed by atoms with Crippen molar-refractivity contribution in [1.82, 2.24) is 9.55 Å². The summed E-state index contributed by atoms with van der Waals surface area (Å²) in [4.78, 5) is 16.7. The number of carbonyl (C=O) groups excluding carboxylic acids is 1. The third kappa shape index (κ3) is 4.11. The molecule has 0 unspecified atom stereocenters. The van der Waals surface area contributed by atoms with Crippen LogP contribution < -0.4 is 5.32 Å². The molecule has 0 bridgehead atoms. The largest absolute Gasteiger partial charge is 0.389 e. The van der Waals surface area contributed by atoms with Gasteiger partial charge in [-0.3, -0.25) is 10.1 Å². The van der Waals surface area contributed by atoms with Crippen LogP contribution in [0.3, 0.4) is 0 Å². The van der Waals surface area contributed by atoms with Gasteiger partial charge in [0.2, 0.25) is 11.9 Å². The molecule has 0 aliphatic heterocycles. The van der Waals surface area contributed by atoms with Crippen LogP contribution in [0.15, 0.2) is 12.1 Å². The molecule has 0 radical (unpaired) electrons. The second-order valence-corrected chi connectivity index (χ2v) is 7.98. The molecule has 1 aliphatic rings. The first-order valence-corrected chi connectivity index (χ1v) is 8.98. The normalized spacial score (nSPS) is 15.3. The molecule has 0 spiro atoms. The summed E-state index contributed by atoms with van der Waals surface area (Å²) in [5.41, 5.74) is -0.992. The molecule has 0 atom stereocenters. The van der Waals surface area contributed by atoms with Gasteiger partial charge in [0.15, 0.2) is 5.82 Å². The number of hydrogen-bond acceptors (Lipinski definition) is 3. The highest BCUT2D eigenvalue weighted by Crippen LogP contribution is 2.39. The van der Waals surface area contributed by atoms with Crippen LogP contribution in [0.25, 0.3) is 11.0 Å². The van der Waals surface area contributed by atoms with Crippen molar-refractivity contribution in [3.8, 4) is 6.07 Å². The fourth-order valence-electron chi connectivity index (χ4n) is 3.53. The zero-order valence-corrected chi connectivity index (χ0v) is 15.5. The third-order valence-electron chi connectivity index (χ3n) is 4.92. The number of anilines is 1. The summed E-state index contributed by atoms with van der Waals surface area (Å²) in [5, 5.41) is 11.6. The van der Waals surface area contributed by atoms with E-state index in [1.165, 1.54) is 26.0 Å². The first-order chi connectivity index (χ1) is 13.0. The van der Waals surface area contributed by atoms with Gasteiger partial charge >= 0.3 is 6.18 Å². The van der Waals surface area contributed by atoms with E-state index in [9.17, 15) is 22.4 Å². The van der Waals surface area contributed by atoms with Crippen LogP contribution in [0.4, 0.5) is 23.5 Å². The number of hydrogen-bond donors (Lipinski definition) is 1. The van der Waals surface area contributed by atoms with Gasteiger partial charge in [-0.15, -0.1) is 0 Å². The van der Waals surface area contributed by atoms with Crippen LogP contribution >= 0.6 is 0 Å². The molecule has 1 amide bonds. The van der Waals surface area contributed by atoms with E-state index in [1.54, 1.807) is 10.6 Å². The van der Waals surface area contributed by atoms with E-state index in [1.807, 2.05) is 0 Å². The molecule has 150 valence electrons. The number of rotatable bonds is 5. The molecule has 1 aliphatic carbocycles. The summed E-state index contributed by atoms with van der Waals surface area (Å²) < 4.78 is 54.4. The molecule has 1 aromatic carbocycles. The Hall–Kier alpha value is -2.63. The van der Waals surface area contributed by atoms with Crippen molar-refractivity contribution in [1.29, 1.82) is 5.26 Å². The van der Waals surface area contributed by atoms with Crippen molar-refractivity contribution in [2.45, 2.75) is 58.2 Å². The fourth-order valence-corrected chi connectivity index (χ4v) is 3.53. The summed E-state index contributed by atoms with van der Waals surface area (Å²) in [6.07, 6.45) is -3.34. The Labute approximate surface area is 159 Å². The van der Waals surface area contributed by atoms with Crippen molar-refractivity contribution in [3.63, 3.8) is 0 Å². The van der Waals surface area contributed by atoms with Gasteiger partial charge in [0.05, 0.1) is 11.1 Å². The molecule has 1 saturated carbocycles. The standard InChI is InChI=1S/C19H20F4N4O/c1-18(2,10-19(21,22)23)8-14(28)26-17-25-13-7-6-11(9-24)15(20)16(13)27(17)12-4-3-5-12/h6-7,12H,3-5,8,10H2,1-2H3,(H,25,26,28). The van der Waals surface area contributed by atoms with Gasteiger partial charge in [-0.25, -0.2) is 9.37 Å². The second kappa shape index (κ2) is 7.08. The van der Waals surface area contributed by atoms with E-state index >= 15 is 0 Å². The number of fused-ring (bicyclic) bond motifs is 1. The van der Waals surface area contributed by atoms with Crippen LogP contribution in [0, 0.1) is 22.6 Å². The summed E-state index contributed by atoms with van der Waals surface area (Å²) >= 11 is 0. The van der Waals surface area contributed by atoms with Crippen molar-refractivity contribution in [2.24, 2.45) is 5.41 Å². The number of nitrogens with zero attached hydrogens (tertiary/aromatic N) is 3. The quantitative estimate of drug-likeness (QED) is 0.717. The molecule has 9 heteroatoms. The van der Waals surface area contributed by atoms with Gasteiger partial charge in [-0.05, 0) is 36.8 Å². The van der Waals surface area contributed by atoms with Gasteiger partial charge in [-0.1, -0.05) is 13.8 Å². The van der Waals surface area contributed by atoms with E-state index in [0.29, 0.717) is 0 Å². The lowest BCUT2D eigenvalue weighted by Gasteiger charge is -2.29. The molecule has 3 rings (SSSR count). The van der Waals surface area contributed by atoms with Crippen LogP contribution in [0.2, 0.25) is 0 Å². The number of alkyl halides is 3. The van der Waals surface area contributed by atoms with Gasteiger partial charge in [0, 0.05) is 18.9 Å². The van der Waals surface area contributed by atoms with Gasteiger partial charge in [-0.2, -0.15) is 18.4 Å². The number of halogens is 4. The van der Waals surface area contributed by atoms with Crippen molar-refractivity contribution in [3.05, 3.63) is 23.5 Å². The van der Waals surface area contributed by atoms with Crippen LogP contribution in [-0.2, 0) is 4.79 Å². The third-order valence-corrected chi connectivity index (χ3v) is 4.92. The summed E-state index contributed by atoms with van der Waals surface area (Å²) in [6.45, 7) is 2.74. The number of aromatic nitrogens is 2. The van der Waals surface area contributed by atoms with E-state index in [-0.39, 0.29) is 35.0 Å². The van der Waals surface area contributed by atoms with E-state index < -0.39 is 29.7 Å². The molecular formula is C19H20F4N4O. The number of amides is 1. The minimum Gasteiger partial charge on any atom is -0.304 e. The molecule has 1 heterocycles. The molecule has 1 fully saturated rings. The maximum atomic E-state index is 14.7. The summed E-state index contributed by atoms with van der Waals surface area (Å²) in [7, 11) is 0. The predicted molar refractivity (Wildman–Crippen MR) is 95.0 cm³/mol. The minimum atomic E-state index is -4.38.